The van der Waals surface area contributed by atoms with Crippen molar-refractivity contribution in [1.82, 2.24) is 5.32 Å². The number of aliphatic hydroxyl groups is 1. The summed E-state index contributed by atoms with van der Waals surface area (Å²) in [5, 5.41) is 13.6. The molecular weight excluding hydrogens is 250 g/mol. The summed E-state index contributed by atoms with van der Waals surface area (Å²) in [6, 6.07) is 8.46. The molecule has 0 radical (unpaired) electrons. The van der Waals surface area contributed by atoms with E-state index in [1.807, 2.05) is 12.1 Å². The van der Waals surface area contributed by atoms with E-state index < -0.39 is 0 Å². The average Bonchev–Trinajstić information content (AvgIpc) is 2.68. The van der Waals surface area contributed by atoms with Crippen LogP contribution in [0.2, 0.25) is 0 Å². The standard InChI is InChI=1S/C17H27NO2/c1-2-11-20-15-8-6-7-14(12-15)13-18-16-9-4-3-5-10-17(16)19/h6-8,12,16-19H,2-5,9-11,13H2,1H3. The van der Waals surface area contributed by atoms with Gasteiger partial charge in [0.05, 0.1) is 12.7 Å². The molecule has 0 spiro atoms. The molecule has 0 aromatic heterocycles. The molecule has 1 aromatic rings. The summed E-state index contributed by atoms with van der Waals surface area (Å²) in [6.45, 7) is 3.67. The average molecular weight is 277 g/mol. The van der Waals surface area contributed by atoms with Gasteiger partial charge in [0.2, 0.25) is 0 Å². The van der Waals surface area contributed by atoms with Gasteiger partial charge < -0.3 is 15.2 Å². The van der Waals surface area contributed by atoms with Crippen LogP contribution in [-0.4, -0.2) is 23.9 Å². The SMILES string of the molecule is CCCOc1cccc(CNC2CCCCCC2O)c1. The molecule has 1 aliphatic rings. The van der Waals surface area contributed by atoms with Gasteiger partial charge in [0.25, 0.3) is 0 Å². The van der Waals surface area contributed by atoms with Crippen LogP contribution < -0.4 is 10.1 Å². The van der Waals surface area contributed by atoms with Gasteiger partial charge in [-0.25, -0.2) is 0 Å². The van der Waals surface area contributed by atoms with Crippen LogP contribution in [0.15, 0.2) is 24.3 Å². The molecular formula is C17H27NO2. The summed E-state index contributed by atoms with van der Waals surface area (Å²) in [6.07, 6.45) is 6.45. The number of aliphatic hydroxyl groups excluding tert-OH is 1. The minimum atomic E-state index is -0.197. The first-order valence-electron chi connectivity index (χ1n) is 7.93. The van der Waals surface area contributed by atoms with Crippen LogP contribution >= 0.6 is 0 Å². The molecule has 3 nitrogen and oxygen atoms in total. The molecule has 0 aliphatic heterocycles. The van der Waals surface area contributed by atoms with E-state index in [2.05, 4.69) is 24.4 Å². The highest BCUT2D eigenvalue weighted by Gasteiger charge is 2.20. The minimum absolute atomic E-state index is 0.197. The lowest BCUT2D eigenvalue weighted by Gasteiger charge is -2.22. The Hall–Kier alpha value is -1.06. The van der Waals surface area contributed by atoms with Gasteiger partial charge in [-0.1, -0.05) is 38.3 Å². The number of ether oxygens (including phenoxy) is 1. The predicted molar refractivity (Wildman–Crippen MR) is 81.9 cm³/mol. The zero-order chi connectivity index (χ0) is 14.2. The van der Waals surface area contributed by atoms with Gasteiger partial charge in [-0.2, -0.15) is 0 Å². The Labute approximate surface area is 122 Å². The Kier molecular flexibility index (Phi) is 6.34. The second-order valence-electron chi connectivity index (χ2n) is 5.69. The van der Waals surface area contributed by atoms with Crippen LogP contribution in [0.5, 0.6) is 5.75 Å². The van der Waals surface area contributed by atoms with Gasteiger partial charge in [0.15, 0.2) is 0 Å². The third-order valence-corrected chi connectivity index (χ3v) is 3.92. The first kappa shape index (κ1) is 15.3. The molecule has 2 N–H and O–H groups in total. The van der Waals surface area contributed by atoms with Crippen molar-refractivity contribution in [3.63, 3.8) is 0 Å². The summed E-state index contributed by atoms with van der Waals surface area (Å²) in [7, 11) is 0. The van der Waals surface area contributed by atoms with Crippen LogP contribution in [0.25, 0.3) is 0 Å². The van der Waals surface area contributed by atoms with Crippen LogP contribution in [0.4, 0.5) is 0 Å². The minimum Gasteiger partial charge on any atom is -0.494 e. The van der Waals surface area contributed by atoms with E-state index in [-0.39, 0.29) is 12.1 Å². The summed E-state index contributed by atoms with van der Waals surface area (Å²) < 4.78 is 5.65. The fraction of sp³-hybridized carbons (Fsp3) is 0.647. The highest BCUT2D eigenvalue weighted by molar-refractivity contribution is 5.28. The van der Waals surface area contributed by atoms with E-state index in [9.17, 15) is 5.11 Å². The third kappa shape index (κ3) is 4.80. The molecule has 1 aliphatic carbocycles. The van der Waals surface area contributed by atoms with E-state index in [0.717, 1.165) is 44.6 Å². The topological polar surface area (TPSA) is 41.5 Å². The summed E-state index contributed by atoms with van der Waals surface area (Å²) in [4.78, 5) is 0. The lowest BCUT2D eigenvalue weighted by atomic mass is 10.1. The first-order chi connectivity index (χ1) is 9.79. The van der Waals surface area contributed by atoms with Gasteiger partial charge in [-0.15, -0.1) is 0 Å². The third-order valence-electron chi connectivity index (χ3n) is 3.92. The molecule has 0 heterocycles. The molecule has 1 aromatic carbocycles. The van der Waals surface area contributed by atoms with Crippen molar-refractivity contribution in [3.8, 4) is 5.75 Å². The lowest BCUT2D eigenvalue weighted by molar-refractivity contribution is 0.119. The maximum atomic E-state index is 10.1. The van der Waals surface area contributed by atoms with Gasteiger partial charge in [-0.05, 0) is 37.0 Å². The second kappa shape index (κ2) is 8.28. The molecule has 20 heavy (non-hydrogen) atoms. The number of rotatable bonds is 6. The van der Waals surface area contributed by atoms with Crippen molar-refractivity contribution in [2.45, 2.75) is 64.1 Å². The fourth-order valence-corrected chi connectivity index (χ4v) is 2.74. The fourth-order valence-electron chi connectivity index (χ4n) is 2.74. The molecule has 2 unspecified atom stereocenters. The van der Waals surface area contributed by atoms with E-state index in [4.69, 9.17) is 4.74 Å². The number of benzene rings is 1. The van der Waals surface area contributed by atoms with Crippen molar-refractivity contribution in [2.24, 2.45) is 0 Å². The Morgan fingerprint density at radius 2 is 2.10 bits per heavy atom. The Bertz CT molecular complexity index is 394. The lowest BCUT2D eigenvalue weighted by Crippen LogP contribution is -2.38. The van der Waals surface area contributed by atoms with Gasteiger partial charge in [-0.3, -0.25) is 0 Å². The Morgan fingerprint density at radius 3 is 2.95 bits per heavy atom. The smallest absolute Gasteiger partial charge is 0.119 e. The van der Waals surface area contributed by atoms with Crippen LogP contribution in [0.1, 0.15) is 51.0 Å². The maximum absolute atomic E-state index is 10.1. The van der Waals surface area contributed by atoms with Crippen molar-refractivity contribution in [1.29, 1.82) is 0 Å². The van der Waals surface area contributed by atoms with Crippen molar-refractivity contribution >= 4 is 0 Å². The predicted octanol–water partition coefficient (Wildman–Crippen LogP) is 3.26. The van der Waals surface area contributed by atoms with Crippen molar-refractivity contribution < 1.29 is 9.84 Å². The maximum Gasteiger partial charge on any atom is 0.119 e. The molecule has 0 saturated heterocycles. The second-order valence-corrected chi connectivity index (χ2v) is 5.69. The molecule has 1 fully saturated rings. The van der Waals surface area contributed by atoms with E-state index in [1.54, 1.807) is 0 Å². The Balaban J connectivity index is 1.86. The number of nitrogens with one attached hydrogen (secondary N) is 1. The highest BCUT2D eigenvalue weighted by Crippen LogP contribution is 2.19. The van der Waals surface area contributed by atoms with Crippen LogP contribution in [0.3, 0.4) is 0 Å². The number of hydrogen-bond acceptors (Lipinski definition) is 3. The number of hydrogen-bond donors (Lipinski definition) is 2. The Morgan fingerprint density at radius 1 is 1.25 bits per heavy atom. The molecule has 3 heteroatoms. The normalized spacial score (nSPS) is 23.3. The van der Waals surface area contributed by atoms with Gasteiger partial charge in [0.1, 0.15) is 5.75 Å². The van der Waals surface area contributed by atoms with E-state index in [0.29, 0.717) is 0 Å². The molecule has 112 valence electrons. The summed E-state index contributed by atoms with van der Waals surface area (Å²) in [5.74, 6) is 0.938. The van der Waals surface area contributed by atoms with Crippen LogP contribution in [-0.2, 0) is 6.54 Å². The largest absolute Gasteiger partial charge is 0.494 e. The monoisotopic (exact) mass is 277 g/mol. The van der Waals surface area contributed by atoms with Gasteiger partial charge in [0, 0.05) is 12.6 Å². The van der Waals surface area contributed by atoms with Crippen molar-refractivity contribution in [3.05, 3.63) is 29.8 Å². The van der Waals surface area contributed by atoms with Crippen molar-refractivity contribution in [2.75, 3.05) is 6.61 Å². The molecule has 2 rings (SSSR count). The van der Waals surface area contributed by atoms with E-state index in [1.165, 1.54) is 18.4 Å². The molecule has 0 amide bonds. The zero-order valence-electron chi connectivity index (χ0n) is 12.5. The summed E-state index contributed by atoms with van der Waals surface area (Å²) in [5.41, 5.74) is 1.22. The van der Waals surface area contributed by atoms with Gasteiger partial charge >= 0.3 is 0 Å². The van der Waals surface area contributed by atoms with Crippen LogP contribution in [0, 0.1) is 0 Å². The molecule has 0 bridgehead atoms. The summed E-state index contributed by atoms with van der Waals surface area (Å²) >= 11 is 0. The highest BCUT2D eigenvalue weighted by atomic mass is 16.5. The van der Waals surface area contributed by atoms with E-state index >= 15 is 0 Å². The zero-order valence-corrected chi connectivity index (χ0v) is 12.5. The first-order valence-corrected chi connectivity index (χ1v) is 7.93. The molecule has 1 saturated carbocycles. The molecule has 2 atom stereocenters. The quantitative estimate of drug-likeness (QED) is 0.784.